The third kappa shape index (κ3) is 3.61. The minimum atomic E-state index is -0.430. The first kappa shape index (κ1) is 15.5. The van der Waals surface area contributed by atoms with Gasteiger partial charge < -0.3 is 16.0 Å². The summed E-state index contributed by atoms with van der Waals surface area (Å²) in [5.41, 5.74) is 7.04. The first-order chi connectivity index (χ1) is 10.0. The molecule has 2 rings (SSSR count). The van der Waals surface area contributed by atoms with Gasteiger partial charge in [0.15, 0.2) is 0 Å². The average Bonchev–Trinajstić information content (AvgIpc) is 2.89. The lowest BCUT2D eigenvalue weighted by Gasteiger charge is -2.24. The number of carbonyl (C=O) groups excluding carboxylic acids is 2. The van der Waals surface area contributed by atoms with Crippen molar-refractivity contribution < 1.29 is 9.59 Å². The van der Waals surface area contributed by atoms with E-state index in [1.807, 2.05) is 37.3 Å². The zero-order valence-electron chi connectivity index (χ0n) is 12.6. The molecule has 1 aliphatic rings. The molecule has 0 spiro atoms. The van der Waals surface area contributed by atoms with Crippen molar-refractivity contribution in [2.75, 3.05) is 13.6 Å². The number of nitrogens with two attached hydrogens (primary N) is 1. The fourth-order valence-corrected chi connectivity index (χ4v) is 2.84. The van der Waals surface area contributed by atoms with E-state index in [0.717, 1.165) is 5.56 Å². The predicted octanol–water partition coefficient (Wildman–Crippen LogP) is 0.854. The first-order valence-corrected chi connectivity index (χ1v) is 7.34. The molecule has 0 unspecified atom stereocenters. The molecule has 0 radical (unpaired) electrons. The number of amides is 2. The van der Waals surface area contributed by atoms with E-state index in [9.17, 15) is 9.59 Å². The maximum Gasteiger partial charge on any atom is 0.242 e. The smallest absolute Gasteiger partial charge is 0.242 e. The van der Waals surface area contributed by atoms with Gasteiger partial charge in [-0.05, 0) is 17.9 Å². The lowest BCUT2D eigenvalue weighted by atomic mass is 9.97. The van der Waals surface area contributed by atoms with Crippen LogP contribution in [0.3, 0.4) is 0 Å². The fourth-order valence-electron chi connectivity index (χ4n) is 2.84. The van der Waals surface area contributed by atoms with Gasteiger partial charge in [-0.3, -0.25) is 9.59 Å². The Balaban J connectivity index is 2.03. The molecule has 21 heavy (non-hydrogen) atoms. The highest BCUT2D eigenvalue weighted by Gasteiger charge is 2.37. The Morgan fingerprint density at radius 3 is 2.67 bits per heavy atom. The first-order valence-electron chi connectivity index (χ1n) is 7.34. The van der Waals surface area contributed by atoms with E-state index < -0.39 is 6.04 Å². The summed E-state index contributed by atoms with van der Waals surface area (Å²) in [6.45, 7) is 2.48. The van der Waals surface area contributed by atoms with E-state index in [0.29, 0.717) is 19.4 Å². The molecule has 0 aliphatic carbocycles. The SMILES string of the molecule is CNC(=O)[C@@H]1C[C@@H](N)CN1C(=O)C[C@@H](C)c1ccccc1. The topological polar surface area (TPSA) is 75.4 Å². The Bertz CT molecular complexity index is 504. The van der Waals surface area contributed by atoms with Gasteiger partial charge in [-0.15, -0.1) is 0 Å². The molecule has 5 heteroatoms. The van der Waals surface area contributed by atoms with Crippen LogP contribution in [0.5, 0.6) is 0 Å². The van der Waals surface area contributed by atoms with Crippen LogP contribution in [-0.4, -0.2) is 42.4 Å². The zero-order valence-corrected chi connectivity index (χ0v) is 12.6. The summed E-state index contributed by atoms with van der Waals surface area (Å²) in [6, 6.07) is 9.38. The molecule has 2 amide bonds. The van der Waals surface area contributed by atoms with Crippen molar-refractivity contribution in [3.63, 3.8) is 0 Å². The molecule has 0 saturated carbocycles. The van der Waals surface area contributed by atoms with E-state index in [1.165, 1.54) is 0 Å². The molecular formula is C16H23N3O2. The van der Waals surface area contributed by atoms with Gasteiger partial charge in [0, 0.05) is 26.1 Å². The number of nitrogens with zero attached hydrogens (tertiary/aromatic N) is 1. The molecule has 0 bridgehead atoms. The van der Waals surface area contributed by atoms with Crippen molar-refractivity contribution in [3.05, 3.63) is 35.9 Å². The molecule has 3 N–H and O–H groups in total. The Kier molecular flexibility index (Phi) is 4.96. The third-order valence-corrected chi connectivity index (χ3v) is 4.05. The molecule has 5 nitrogen and oxygen atoms in total. The van der Waals surface area contributed by atoms with Crippen LogP contribution in [0, 0.1) is 0 Å². The standard InChI is InChI=1S/C16H23N3O2/c1-11(12-6-4-3-5-7-12)8-15(20)19-10-13(17)9-14(19)16(21)18-2/h3-7,11,13-14H,8-10,17H2,1-2H3,(H,18,21)/t11-,13-,14+/m1/s1. The monoisotopic (exact) mass is 289 g/mol. The van der Waals surface area contributed by atoms with Gasteiger partial charge in [0.1, 0.15) is 6.04 Å². The van der Waals surface area contributed by atoms with Crippen LogP contribution < -0.4 is 11.1 Å². The van der Waals surface area contributed by atoms with E-state index in [4.69, 9.17) is 5.73 Å². The minimum Gasteiger partial charge on any atom is -0.357 e. The Morgan fingerprint density at radius 2 is 2.05 bits per heavy atom. The van der Waals surface area contributed by atoms with Crippen molar-refractivity contribution in [3.8, 4) is 0 Å². The average molecular weight is 289 g/mol. The molecule has 1 aliphatic heterocycles. The quantitative estimate of drug-likeness (QED) is 0.863. The van der Waals surface area contributed by atoms with Crippen LogP contribution in [0.1, 0.15) is 31.2 Å². The molecule has 1 aromatic rings. The van der Waals surface area contributed by atoms with Gasteiger partial charge in [0.05, 0.1) is 0 Å². The van der Waals surface area contributed by atoms with E-state index in [2.05, 4.69) is 5.32 Å². The number of hydrogen-bond acceptors (Lipinski definition) is 3. The number of benzene rings is 1. The molecule has 3 atom stereocenters. The van der Waals surface area contributed by atoms with Crippen LogP contribution in [-0.2, 0) is 9.59 Å². The largest absolute Gasteiger partial charge is 0.357 e. The number of carbonyl (C=O) groups is 2. The molecular weight excluding hydrogens is 266 g/mol. The second-order valence-corrected chi connectivity index (χ2v) is 5.69. The summed E-state index contributed by atoms with van der Waals surface area (Å²) in [6.07, 6.45) is 0.926. The van der Waals surface area contributed by atoms with Crippen LogP contribution >= 0.6 is 0 Å². The fraction of sp³-hybridized carbons (Fsp3) is 0.500. The summed E-state index contributed by atoms with van der Waals surface area (Å²) >= 11 is 0. The number of rotatable bonds is 4. The van der Waals surface area contributed by atoms with Crippen LogP contribution in [0.25, 0.3) is 0 Å². The van der Waals surface area contributed by atoms with Gasteiger partial charge in [-0.2, -0.15) is 0 Å². The number of hydrogen-bond donors (Lipinski definition) is 2. The normalized spacial score (nSPS) is 22.9. The molecule has 0 aromatic heterocycles. The van der Waals surface area contributed by atoms with Crippen molar-refractivity contribution in [1.29, 1.82) is 0 Å². The summed E-state index contributed by atoms with van der Waals surface area (Å²) in [5, 5.41) is 2.61. The number of likely N-dealkylation sites (tertiary alicyclic amines) is 1. The summed E-state index contributed by atoms with van der Waals surface area (Å²) < 4.78 is 0. The highest BCUT2D eigenvalue weighted by atomic mass is 16.2. The van der Waals surface area contributed by atoms with Crippen molar-refractivity contribution in [2.24, 2.45) is 5.73 Å². The second-order valence-electron chi connectivity index (χ2n) is 5.69. The molecule has 1 fully saturated rings. The van der Waals surface area contributed by atoms with Gasteiger partial charge in [0.25, 0.3) is 0 Å². The van der Waals surface area contributed by atoms with E-state index >= 15 is 0 Å². The number of nitrogens with one attached hydrogen (secondary N) is 1. The lowest BCUT2D eigenvalue weighted by Crippen LogP contribution is -2.45. The van der Waals surface area contributed by atoms with Crippen LogP contribution in [0.4, 0.5) is 0 Å². The Labute approximate surface area is 125 Å². The van der Waals surface area contributed by atoms with Gasteiger partial charge in [-0.25, -0.2) is 0 Å². The predicted molar refractivity (Wildman–Crippen MR) is 81.6 cm³/mol. The van der Waals surface area contributed by atoms with E-state index in [1.54, 1.807) is 11.9 Å². The maximum atomic E-state index is 12.5. The Hall–Kier alpha value is -1.88. The summed E-state index contributed by atoms with van der Waals surface area (Å²) in [4.78, 5) is 26.0. The lowest BCUT2D eigenvalue weighted by molar-refractivity contribution is -0.138. The molecule has 114 valence electrons. The zero-order chi connectivity index (χ0) is 15.4. The minimum absolute atomic E-state index is 0.00657. The number of likely N-dealkylation sites (N-methyl/N-ethyl adjacent to an activating group) is 1. The van der Waals surface area contributed by atoms with E-state index in [-0.39, 0.29) is 23.8 Å². The van der Waals surface area contributed by atoms with Crippen molar-refractivity contribution in [1.82, 2.24) is 10.2 Å². The van der Waals surface area contributed by atoms with Gasteiger partial charge in [0.2, 0.25) is 11.8 Å². The molecule has 1 saturated heterocycles. The summed E-state index contributed by atoms with van der Waals surface area (Å²) in [5.74, 6) is -0.0163. The van der Waals surface area contributed by atoms with Gasteiger partial charge >= 0.3 is 0 Å². The third-order valence-electron chi connectivity index (χ3n) is 4.05. The van der Waals surface area contributed by atoms with Crippen LogP contribution in [0.2, 0.25) is 0 Å². The highest BCUT2D eigenvalue weighted by Crippen LogP contribution is 2.23. The van der Waals surface area contributed by atoms with Crippen molar-refractivity contribution >= 4 is 11.8 Å². The summed E-state index contributed by atoms with van der Waals surface area (Å²) in [7, 11) is 1.58. The molecule has 1 aromatic carbocycles. The maximum absolute atomic E-state index is 12.5. The molecule has 1 heterocycles. The Morgan fingerprint density at radius 1 is 1.38 bits per heavy atom. The van der Waals surface area contributed by atoms with Crippen LogP contribution in [0.15, 0.2) is 30.3 Å². The highest BCUT2D eigenvalue weighted by molar-refractivity contribution is 5.88. The second kappa shape index (κ2) is 6.72. The van der Waals surface area contributed by atoms with Crippen molar-refractivity contribution in [2.45, 2.75) is 37.8 Å². The van der Waals surface area contributed by atoms with Gasteiger partial charge in [-0.1, -0.05) is 37.3 Å².